The molecule has 0 amide bonds. The Hall–Kier alpha value is -2.48. The molecular formula is C12H10N2O5S. The van der Waals surface area contributed by atoms with E-state index in [1.165, 1.54) is 24.3 Å². The van der Waals surface area contributed by atoms with Crippen LogP contribution in [0.15, 0.2) is 46.1 Å². The minimum Gasteiger partial charge on any atom is -0.476 e. The van der Waals surface area contributed by atoms with Gasteiger partial charge < -0.3 is 5.11 Å². The highest BCUT2D eigenvalue weighted by Gasteiger charge is 2.10. The second kappa shape index (κ2) is 4.89. The fourth-order valence-electron chi connectivity index (χ4n) is 1.54. The molecule has 0 spiro atoms. The van der Waals surface area contributed by atoms with E-state index in [4.69, 9.17) is 5.11 Å². The van der Waals surface area contributed by atoms with Gasteiger partial charge in [-0.05, 0) is 30.3 Å². The summed E-state index contributed by atoms with van der Waals surface area (Å²) in [6, 6.07) is 7.61. The smallest absolute Gasteiger partial charge is 0.356 e. The number of nitrogens with zero attached hydrogens (tertiary/aromatic N) is 2. The summed E-state index contributed by atoms with van der Waals surface area (Å²) in [5, 5.41) is 12.5. The fourth-order valence-corrected chi connectivity index (χ4v) is 2.18. The molecule has 0 unspecified atom stereocenters. The number of carbonyl (C=O) groups is 1. The molecule has 0 fully saturated rings. The first kappa shape index (κ1) is 13.9. The van der Waals surface area contributed by atoms with Crippen molar-refractivity contribution in [2.75, 3.05) is 6.26 Å². The molecule has 1 aromatic carbocycles. The molecule has 20 heavy (non-hydrogen) atoms. The number of benzene rings is 1. The molecule has 2 rings (SSSR count). The first-order valence-electron chi connectivity index (χ1n) is 5.43. The van der Waals surface area contributed by atoms with Crippen LogP contribution in [-0.4, -0.2) is 35.5 Å². The van der Waals surface area contributed by atoms with Crippen LogP contribution in [0.1, 0.15) is 10.5 Å². The third-order valence-electron chi connectivity index (χ3n) is 2.53. The van der Waals surface area contributed by atoms with Crippen molar-refractivity contribution in [3.05, 3.63) is 52.4 Å². The average Bonchev–Trinajstić information content (AvgIpc) is 2.38. The van der Waals surface area contributed by atoms with Crippen LogP contribution in [0.2, 0.25) is 0 Å². The second-order valence-corrected chi connectivity index (χ2v) is 6.06. The Labute approximate surface area is 114 Å². The lowest BCUT2D eigenvalue weighted by Gasteiger charge is -2.05. The Morgan fingerprint density at radius 2 is 1.75 bits per heavy atom. The molecule has 1 aromatic heterocycles. The van der Waals surface area contributed by atoms with E-state index in [2.05, 4.69) is 5.10 Å². The Balaban J connectivity index is 2.54. The van der Waals surface area contributed by atoms with E-state index in [1.807, 2.05) is 0 Å². The normalized spacial score (nSPS) is 11.2. The van der Waals surface area contributed by atoms with Crippen molar-refractivity contribution in [2.45, 2.75) is 4.90 Å². The third-order valence-corrected chi connectivity index (χ3v) is 3.66. The van der Waals surface area contributed by atoms with Gasteiger partial charge >= 0.3 is 5.97 Å². The van der Waals surface area contributed by atoms with E-state index in [0.29, 0.717) is 0 Å². The van der Waals surface area contributed by atoms with E-state index in [-0.39, 0.29) is 16.3 Å². The summed E-state index contributed by atoms with van der Waals surface area (Å²) in [7, 11) is -3.34. The first-order valence-corrected chi connectivity index (χ1v) is 7.32. The molecule has 0 atom stereocenters. The number of hydrogen-bond acceptors (Lipinski definition) is 5. The fraction of sp³-hybridized carbons (Fsp3) is 0.0833. The predicted octanol–water partition coefficient (Wildman–Crippen LogP) is 0.334. The highest BCUT2D eigenvalue weighted by atomic mass is 32.2. The SMILES string of the molecule is CS(=O)(=O)c1ccc(-n2nc(C(=O)O)ccc2=O)cc1. The van der Waals surface area contributed by atoms with Crippen LogP contribution in [0.3, 0.4) is 0 Å². The van der Waals surface area contributed by atoms with Crippen LogP contribution < -0.4 is 5.56 Å². The van der Waals surface area contributed by atoms with Gasteiger partial charge in [0.1, 0.15) is 0 Å². The molecule has 0 radical (unpaired) electrons. The summed E-state index contributed by atoms with van der Waals surface area (Å²) in [5.74, 6) is -1.26. The Bertz CT molecular complexity index is 822. The molecule has 1 N–H and O–H groups in total. The molecular weight excluding hydrogens is 284 g/mol. The summed E-state index contributed by atoms with van der Waals surface area (Å²) in [6.07, 6.45) is 1.07. The van der Waals surface area contributed by atoms with Crippen LogP contribution in [0.5, 0.6) is 0 Å². The van der Waals surface area contributed by atoms with Gasteiger partial charge in [-0.3, -0.25) is 4.79 Å². The zero-order valence-electron chi connectivity index (χ0n) is 10.3. The molecule has 0 aliphatic carbocycles. The molecule has 0 bridgehead atoms. The van der Waals surface area contributed by atoms with Crippen LogP contribution >= 0.6 is 0 Å². The minimum atomic E-state index is -3.34. The third kappa shape index (κ3) is 2.75. The number of rotatable bonds is 3. The topological polar surface area (TPSA) is 106 Å². The van der Waals surface area contributed by atoms with E-state index in [1.54, 1.807) is 0 Å². The Kier molecular flexibility index (Phi) is 3.41. The summed E-state index contributed by atoms with van der Waals surface area (Å²) >= 11 is 0. The largest absolute Gasteiger partial charge is 0.476 e. The van der Waals surface area contributed by atoms with Crippen LogP contribution in [0.25, 0.3) is 5.69 Å². The Morgan fingerprint density at radius 3 is 2.25 bits per heavy atom. The van der Waals surface area contributed by atoms with Gasteiger partial charge in [0, 0.05) is 12.3 Å². The van der Waals surface area contributed by atoms with Crippen molar-refractivity contribution >= 4 is 15.8 Å². The van der Waals surface area contributed by atoms with Gasteiger partial charge in [0.2, 0.25) is 0 Å². The van der Waals surface area contributed by atoms with E-state index < -0.39 is 21.4 Å². The predicted molar refractivity (Wildman–Crippen MR) is 69.9 cm³/mol. The van der Waals surface area contributed by atoms with Crippen molar-refractivity contribution in [2.24, 2.45) is 0 Å². The number of sulfone groups is 1. The molecule has 0 saturated heterocycles. The molecule has 0 aliphatic rings. The van der Waals surface area contributed by atoms with Crippen LogP contribution in [0, 0.1) is 0 Å². The number of carboxylic acid groups (broad SMARTS) is 1. The summed E-state index contributed by atoms with van der Waals surface area (Å²) in [5.41, 5.74) is -0.510. The molecule has 1 heterocycles. The quantitative estimate of drug-likeness (QED) is 0.874. The van der Waals surface area contributed by atoms with E-state index in [0.717, 1.165) is 23.1 Å². The summed E-state index contributed by atoms with van der Waals surface area (Å²) in [4.78, 5) is 22.6. The number of hydrogen-bond donors (Lipinski definition) is 1. The van der Waals surface area contributed by atoms with Crippen LogP contribution in [-0.2, 0) is 9.84 Å². The molecule has 7 nitrogen and oxygen atoms in total. The van der Waals surface area contributed by atoms with Crippen LogP contribution in [0.4, 0.5) is 0 Å². The summed E-state index contributed by atoms with van der Waals surface area (Å²) < 4.78 is 23.6. The van der Waals surface area contributed by atoms with Crippen molar-refractivity contribution in [1.29, 1.82) is 0 Å². The number of aromatic carboxylic acids is 1. The van der Waals surface area contributed by atoms with Crippen molar-refractivity contribution in [3.63, 3.8) is 0 Å². The first-order chi connectivity index (χ1) is 9.29. The van der Waals surface area contributed by atoms with Gasteiger partial charge in [-0.1, -0.05) is 0 Å². The lowest BCUT2D eigenvalue weighted by molar-refractivity contribution is 0.0688. The van der Waals surface area contributed by atoms with Gasteiger partial charge in [0.15, 0.2) is 15.5 Å². The van der Waals surface area contributed by atoms with E-state index in [9.17, 15) is 18.0 Å². The highest BCUT2D eigenvalue weighted by molar-refractivity contribution is 7.90. The van der Waals surface area contributed by atoms with Crippen molar-refractivity contribution in [1.82, 2.24) is 9.78 Å². The lowest BCUT2D eigenvalue weighted by Crippen LogP contribution is -2.22. The number of carboxylic acids is 1. The zero-order chi connectivity index (χ0) is 14.9. The summed E-state index contributed by atoms with van der Waals surface area (Å²) in [6.45, 7) is 0. The maximum Gasteiger partial charge on any atom is 0.356 e. The zero-order valence-corrected chi connectivity index (χ0v) is 11.2. The average molecular weight is 294 g/mol. The second-order valence-electron chi connectivity index (χ2n) is 4.04. The van der Waals surface area contributed by atoms with Gasteiger partial charge in [0.05, 0.1) is 10.6 Å². The lowest BCUT2D eigenvalue weighted by atomic mass is 10.3. The minimum absolute atomic E-state index is 0.101. The maximum absolute atomic E-state index is 11.7. The monoisotopic (exact) mass is 294 g/mol. The van der Waals surface area contributed by atoms with Crippen molar-refractivity contribution < 1.29 is 18.3 Å². The van der Waals surface area contributed by atoms with Gasteiger partial charge in [-0.15, -0.1) is 0 Å². The number of aromatic nitrogens is 2. The molecule has 0 saturated carbocycles. The van der Waals surface area contributed by atoms with Gasteiger partial charge in [-0.2, -0.15) is 9.78 Å². The van der Waals surface area contributed by atoms with Crippen molar-refractivity contribution in [3.8, 4) is 5.69 Å². The maximum atomic E-state index is 11.7. The van der Waals surface area contributed by atoms with E-state index >= 15 is 0 Å². The molecule has 104 valence electrons. The highest BCUT2D eigenvalue weighted by Crippen LogP contribution is 2.12. The van der Waals surface area contributed by atoms with Gasteiger partial charge in [-0.25, -0.2) is 13.2 Å². The van der Waals surface area contributed by atoms with Gasteiger partial charge in [0.25, 0.3) is 5.56 Å². The Morgan fingerprint density at radius 1 is 1.15 bits per heavy atom. The molecule has 0 aliphatic heterocycles. The standard InChI is InChI=1S/C12H10N2O5S/c1-20(18,19)9-4-2-8(3-5-9)14-11(15)7-6-10(13-14)12(16)17/h2-7H,1H3,(H,16,17). The molecule has 2 aromatic rings. The molecule has 8 heteroatoms.